The van der Waals surface area contributed by atoms with Gasteiger partial charge < -0.3 is 19.8 Å². The average molecular weight is 644 g/mol. The number of ether oxygens (including phenoxy) is 1. The molecule has 2 aromatic carbocycles. The molecule has 3 rings (SSSR count). The van der Waals surface area contributed by atoms with Gasteiger partial charge in [0.15, 0.2) is 0 Å². The summed E-state index contributed by atoms with van der Waals surface area (Å²) in [5.74, 6) is -1.02. The molecular weight excluding hydrogens is 591 g/mol. The number of carboxylic acids is 1. The van der Waals surface area contributed by atoms with Crippen LogP contribution in [0.15, 0.2) is 34.1 Å². The molecule has 244 valence electrons. The van der Waals surface area contributed by atoms with E-state index in [0.29, 0.717) is 31.7 Å². The topological polar surface area (TPSA) is 87.1 Å². The minimum absolute atomic E-state index is 0.109. The van der Waals surface area contributed by atoms with Gasteiger partial charge in [-0.05, 0) is 58.3 Å². The number of carbonyl (C=O) groups excluding carboxylic acids is 1. The van der Waals surface area contributed by atoms with Crippen LogP contribution in [0.1, 0.15) is 118 Å². The van der Waals surface area contributed by atoms with Gasteiger partial charge in [0.05, 0.1) is 11.2 Å². The maximum absolute atomic E-state index is 12.4. The molecule has 0 spiro atoms. The molecule has 0 atom stereocenters. The van der Waals surface area contributed by atoms with Gasteiger partial charge in [0.2, 0.25) is 0 Å². The van der Waals surface area contributed by atoms with E-state index in [1.807, 2.05) is 0 Å². The maximum atomic E-state index is 12.4. The first-order valence-corrected chi connectivity index (χ1v) is 17.0. The van der Waals surface area contributed by atoms with E-state index < -0.39 is 16.0 Å². The summed E-state index contributed by atoms with van der Waals surface area (Å²) < 4.78 is 5.74. The van der Waals surface area contributed by atoms with Crippen LogP contribution in [0, 0.1) is 0 Å². The third-order valence-corrected chi connectivity index (χ3v) is 11.3. The van der Waals surface area contributed by atoms with Crippen LogP contribution in [0.2, 0.25) is 0 Å². The zero-order chi connectivity index (χ0) is 33.6. The minimum atomic E-state index is -1.42. The Kier molecular flexibility index (Phi) is 10.2. The zero-order valence-corrected chi connectivity index (χ0v) is 30.7. The van der Waals surface area contributed by atoms with Crippen molar-refractivity contribution in [3.05, 3.63) is 46.5 Å². The second kappa shape index (κ2) is 12.5. The first kappa shape index (κ1) is 36.2. The molecule has 1 saturated heterocycles. The molecular formula is C36H53NO5S2. The number of aliphatic carboxylic acids is 1. The van der Waals surface area contributed by atoms with Crippen molar-refractivity contribution in [3.63, 3.8) is 0 Å². The number of amides is 1. The van der Waals surface area contributed by atoms with Crippen LogP contribution < -0.4 is 4.74 Å². The molecule has 6 nitrogen and oxygen atoms in total. The Morgan fingerprint density at radius 3 is 1.64 bits per heavy atom. The van der Waals surface area contributed by atoms with Crippen molar-refractivity contribution in [1.82, 2.24) is 4.90 Å². The van der Waals surface area contributed by atoms with Gasteiger partial charge in [-0.15, -0.1) is 23.5 Å². The predicted octanol–water partition coefficient (Wildman–Crippen LogP) is 8.88. The van der Waals surface area contributed by atoms with Gasteiger partial charge in [0, 0.05) is 39.6 Å². The molecule has 1 aliphatic rings. The van der Waals surface area contributed by atoms with Gasteiger partial charge in [0.1, 0.15) is 11.5 Å². The monoisotopic (exact) mass is 643 g/mol. The number of phenols is 1. The van der Waals surface area contributed by atoms with Crippen molar-refractivity contribution in [2.24, 2.45) is 0 Å². The first-order chi connectivity index (χ1) is 19.9. The lowest BCUT2D eigenvalue weighted by Gasteiger charge is -2.42. The van der Waals surface area contributed by atoms with Gasteiger partial charge in [-0.3, -0.25) is 4.79 Å². The summed E-state index contributed by atoms with van der Waals surface area (Å²) >= 11 is 3.56. The molecule has 0 aromatic heterocycles. The number of phenolic OH excluding ortho intramolecular Hbond substituents is 1. The summed E-state index contributed by atoms with van der Waals surface area (Å²) in [5, 5.41) is 20.8. The Morgan fingerprint density at radius 2 is 1.25 bits per heavy atom. The molecule has 44 heavy (non-hydrogen) atoms. The zero-order valence-electron chi connectivity index (χ0n) is 29.0. The maximum Gasteiger partial charge on any atom is 0.394 e. The van der Waals surface area contributed by atoms with Gasteiger partial charge >= 0.3 is 11.9 Å². The highest BCUT2D eigenvalue weighted by Gasteiger charge is 2.42. The quantitative estimate of drug-likeness (QED) is 0.249. The lowest BCUT2D eigenvalue weighted by molar-refractivity contribution is -0.156. The Morgan fingerprint density at radius 1 is 0.773 bits per heavy atom. The largest absolute Gasteiger partial charge is 0.507 e. The standard InChI is InChI=1S/C36H53NO5S2/c1-32(2,3)23-14-15-26(27(29(23)42-13)35(10,11)12)44-36(16-18-37(19-17-36)30(39)31(40)41)43-22-20-24(33(4,5)6)28(38)25(21-22)34(7,8)9/h14-15,20-21,38H,16-19H2,1-13H3,(H,40,41). The summed E-state index contributed by atoms with van der Waals surface area (Å²) in [6, 6.07) is 8.61. The lowest BCUT2D eigenvalue weighted by atomic mass is 9.79. The number of hydrogen-bond acceptors (Lipinski definition) is 6. The fraction of sp³-hybridized carbons (Fsp3) is 0.611. The molecule has 8 heteroatoms. The SMILES string of the molecule is COc1c(C(C)(C)C)ccc(SC2(Sc3cc(C(C)(C)C)c(O)c(C(C)(C)C)c3)CCN(C(=O)C(=O)O)CC2)c1C(C)(C)C. The molecule has 1 fully saturated rings. The summed E-state index contributed by atoms with van der Waals surface area (Å²) in [6.07, 6.45) is 1.20. The van der Waals surface area contributed by atoms with E-state index in [4.69, 9.17) is 4.74 Å². The van der Waals surface area contributed by atoms with E-state index in [1.165, 1.54) is 4.90 Å². The van der Waals surface area contributed by atoms with Crippen LogP contribution in [0.4, 0.5) is 0 Å². The van der Waals surface area contributed by atoms with Crippen molar-refractivity contribution in [2.75, 3.05) is 20.2 Å². The molecule has 0 aliphatic carbocycles. The molecule has 2 N–H and O–H groups in total. The molecule has 0 radical (unpaired) electrons. The molecule has 0 unspecified atom stereocenters. The first-order valence-electron chi connectivity index (χ1n) is 15.4. The number of piperidine rings is 1. The molecule has 1 aliphatic heterocycles. The highest BCUT2D eigenvalue weighted by Crippen LogP contribution is 2.56. The normalized spacial score (nSPS) is 16.2. The number of benzene rings is 2. The van der Waals surface area contributed by atoms with Gasteiger partial charge in [-0.2, -0.15) is 0 Å². The predicted molar refractivity (Wildman–Crippen MR) is 184 cm³/mol. The number of likely N-dealkylation sites (tertiary alicyclic amines) is 1. The lowest BCUT2D eigenvalue weighted by Crippen LogP contribution is -2.46. The average Bonchev–Trinajstić information content (AvgIpc) is 2.86. The Balaban J connectivity index is 2.24. The number of hydrogen-bond donors (Lipinski definition) is 2. The molecule has 1 heterocycles. The number of nitrogens with zero attached hydrogens (tertiary/aromatic N) is 1. The van der Waals surface area contributed by atoms with Crippen molar-refractivity contribution >= 4 is 35.4 Å². The number of aromatic hydroxyl groups is 1. The van der Waals surface area contributed by atoms with E-state index in [2.05, 4.69) is 107 Å². The van der Waals surface area contributed by atoms with E-state index >= 15 is 0 Å². The number of carboxylic acid groups (broad SMARTS) is 1. The van der Waals surface area contributed by atoms with Gasteiger partial charge in [0.25, 0.3) is 0 Å². The van der Waals surface area contributed by atoms with E-state index in [9.17, 15) is 19.8 Å². The van der Waals surface area contributed by atoms with E-state index in [-0.39, 0.29) is 21.7 Å². The number of rotatable bonds is 5. The fourth-order valence-electron chi connectivity index (χ4n) is 5.80. The summed E-state index contributed by atoms with van der Waals surface area (Å²) in [7, 11) is 1.74. The third kappa shape index (κ3) is 7.90. The second-order valence-corrected chi connectivity index (χ2v) is 19.2. The number of methoxy groups -OCH3 is 1. The van der Waals surface area contributed by atoms with Crippen molar-refractivity contribution in [3.8, 4) is 11.5 Å². The Bertz CT molecular complexity index is 1360. The van der Waals surface area contributed by atoms with Crippen molar-refractivity contribution < 1.29 is 24.5 Å². The van der Waals surface area contributed by atoms with Crippen LogP contribution in [-0.4, -0.2) is 51.3 Å². The highest BCUT2D eigenvalue weighted by molar-refractivity contribution is 8.18. The van der Waals surface area contributed by atoms with Crippen LogP contribution >= 0.6 is 23.5 Å². The Labute approximate surface area is 273 Å². The van der Waals surface area contributed by atoms with Gasteiger partial charge in [-0.1, -0.05) is 89.2 Å². The number of thioether (sulfide) groups is 2. The Hall–Kier alpha value is -2.32. The molecule has 0 bridgehead atoms. The fourth-order valence-corrected chi connectivity index (χ4v) is 9.12. The highest BCUT2D eigenvalue weighted by atomic mass is 32.2. The number of carbonyl (C=O) groups is 2. The van der Waals surface area contributed by atoms with Crippen LogP contribution in [0.5, 0.6) is 11.5 Å². The summed E-state index contributed by atoms with van der Waals surface area (Å²) in [4.78, 5) is 27.6. The van der Waals surface area contributed by atoms with Crippen LogP contribution in [0.25, 0.3) is 0 Å². The van der Waals surface area contributed by atoms with Crippen LogP contribution in [0.3, 0.4) is 0 Å². The molecule has 2 aromatic rings. The molecule has 0 saturated carbocycles. The summed E-state index contributed by atoms with van der Waals surface area (Å²) in [5.41, 5.74) is 3.25. The van der Waals surface area contributed by atoms with Crippen molar-refractivity contribution in [2.45, 2.75) is 131 Å². The second-order valence-electron chi connectivity index (χ2n) is 16.1. The van der Waals surface area contributed by atoms with E-state index in [1.54, 1.807) is 30.6 Å². The smallest absolute Gasteiger partial charge is 0.394 e. The molecule has 1 amide bonds. The van der Waals surface area contributed by atoms with Crippen molar-refractivity contribution in [1.29, 1.82) is 0 Å². The minimum Gasteiger partial charge on any atom is -0.507 e. The van der Waals surface area contributed by atoms with E-state index in [0.717, 1.165) is 37.8 Å². The van der Waals surface area contributed by atoms with Gasteiger partial charge in [-0.25, -0.2) is 4.79 Å². The summed E-state index contributed by atoms with van der Waals surface area (Å²) in [6.45, 7) is 26.6. The third-order valence-electron chi connectivity index (χ3n) is 8.18. The van der Waals surface area contributed by atoms with Crippen LogP contribution in [-0.2, 0) is 31.2 Å².